The lowest BCUT2D eigenvalue weighted by Gasteiger charge is -2.42. The molecule has 2 aromatic carbocycles. The first-order valence-electron chi connectivity index (χ1n) is 12.4. The number of nitrogens with one attached hydrogen (secondary N) is 1. The summed E-state index contributed by atoms with van der Waals surface area (Å²) in [6, 6.07) is 14.1. The number of amides is 1. The molecule has 3 aromatic rings. The number of hydrogen-bond acceptors (Lipinski definition) is 9. The number of hydrogen-bond donors (Lipinski definition) is 2. The lowest BCUT2D eigenvalue weighted by atomic mass is 9.69. The van der Waals surface area contributed by atoms with Gasteiger partial charge in [0.05, 0.1) is 33.4 Å². The number of carbonyl (C=O) groups excluding carboxylic acids is 2. The largest absolute Gasteiger partial charge is 0.384 e. The molecule has 1 atom stereocenters. The molecule has 0 spiro atoms. The van der Waals surface area contributed by atoms with E-state index in [2.05, 4.69) is 21.6 Å². The van der Waals surface area contributed by atoms with E-state index in [1.165, 1.54) is 23.1 Å². The number of Topliss-reactive ketones (excluding diaryl/α,β-unsaturated/α-hetero) is 1. The summed E-state index contributed by atoms with van der Waals surface area (Å²) >= 11 is 20.8. The summed E-state index contributed by atoms with van der Waals surface area (Å²) in [5, 5.41) is 23.3. The summed E-state index contributed by atoms with van der Waals surface area (Å²) in [6.07, 6.45) is 0.840. The standard InChI is InChI=1S/C28H23Cl3N6O2S2/c1-28(2)10-20-24(21(38)11-28)23(14-3-8-18(30)19(31)9-14)17(12-32)25(33)37(20)26-35-36-27(41-26)40-13-22(39)34-16-6-4-15(29)5-7-16/h3-9,23H,10-11,13,33H2,1-2H3,(H,34,39). The zero-order valence-corrected chi connectivity index (χ0v) is 25.8. The van der Waals surface area contributed by atoms with Gasteiger partial charge in [-0.1, -0.05) is 77.8 Å². The number of anilines is 2. The molecule has 5 rings (SSSR count). The Kier molecular flexibility index (Phi) is 8.37. The third-order valence-electron chi connectivity index (χ3n) is 6.70. The zero-order valence-electron chi connectivity index (χ0n) is 21.9. The van der Waals surface area contributed by atoms with Gasteiger partial charge < -0.3 is 11.1 Å². The van der Waals surface area contributed by atoms with Gasteiger partial charge in [-0.15, -0.1) is 10.2 Å². The number of allylic oxidation sites excluding steroid dienone is 3. The van der Waals surface area contributed by atoms with Crippen LogP contribution in [0.25, 0.3) is 0 Å². The van der Waals surface area contributed by atoms with Crippen molar-refractivity contribution in [1.29, 1.82) is 5.26 Å². The molecule has 0 saturated heterocycles. The molecule has 2 heterocycles. The number of thioether (sulfide) groups is 1. The highest BCUT2D eigenvalue weighted by molar-refractivity contribution is 8.01. The summed E-state index contributed by atoms with van der Waals surface area (Å²) in [5.74, 6) is -0.711. The van der Waals surface area contributed by atoms with Gasteiger partial charge in [-0.25, -0.2) is 0 Å². The van der Waals surface area contributed by atoms with E-state index < -0.39 is 5.92 Å². The Hall–Kier alpha value is -3.07. The van der Waals surface area contributed by atoms with E-state index in [0.717, 1.165) is 0 Å². The smallest absolute Gasteiger partial charge is 0.234 e. The van der Waals surface area contributed by atoms with Gasteiger partial charge in [0.15, 0.2) is 10.1 Å². The number of aromatic nitrogens is 2. The van der Waals surface area contributed by atoms with Crippen LogP contribution in [0.4, 0.5) is 10.8 Å². The maximum absolute atomic E-state index is 13.7. The number of halogens is 3. The minimum absolute atomic E-state index is 0.0736. The molecular formula is C28H23Cl3N6O2S2. The second-order valence-corrected chi connectivity index (χ2v) is 13.8. The van der Waals surface area contributed by atoms with Crippen LogP contribution >= 0.6 is 57.9 Å². The summed E-state index contributed by atoms with van der Waals surface area (Å²) in [7, 11) is 0. The number of nitrogens with two attached hydrogens (primary N) is 1. The number of carbonyl (C=O) groups is 2. The maximum atomic E-state index is 13.7. The molecule has 3 N–H and O–H groups in total. The van der Waals surface area contributed by atoms with E-state index in [4.69, 9.17) is 40.5 Å². The Morgan fingerprint density at radius 2 is 1.90 bits per heavy atom. The predicted molar refractivity (Wildman–Crippen MR) is 164 cm³/mol. The average Bonchev–Trinajstić information content (AvgIpc) is 3.37. The molecule has 1 aliphatic heterocycles. The average molecular weight is 646 g/mol. The number of nitrogens with zero attached hydrogens (tertiary/aromatic N) is 4. The first-order chi connectivity index (χ1) is 19.5. The van der Waals surface area contributed by atoms with Crippen LogP contribution in [0.15, 0.2) is 69.5 Å². The molecule has 8 nitrogen and oxygen atoms in total. The molecule has 0 saturated carbocycles. The van der Waals surface area contributed by atoms with Crippen LogP contribution in [0.2, 0.25) is 15.1 Å². The predicted octanol–water partition coefficient (Wildman–Crippen LogP) is 7.17. The monoisotopic (exact) mass is 644 g/mol. The van der Waals surface area contributed by atoms with Crippen molar-refractivity contribution in [1.82, 2.24) is 10.2 Å². The van der Waals surface area contributed by atoms with Crippen molar-refractivity contribution in [2.45, 2.75) is 36.9 Å². The molecule has 210 valence electrons. The lowest BCUT2D eigenvalue weighted by molar-refractivity contribution is -0.118. The maximum Gasteiger partial charge on any atom is 0.234 e. The van der Waals surface area contributed by atoms with Crippen molar-refractivity contribution in [3.63, 3.8) is 0 Å². The van der Waals surface area contributed by atoms with Crippen molar-refractivity contribution in [2.24, 2.45) is 11.1 Å². The van der Waals surface area contributed by atoms with E-state index in [1.54, 1.807) is 47.4 Å². The fourth-order valence-electron chi connectivity index (χ4n) is 4.96. The molecule has 13 heteroatoms. The van der Waals surface area contributed by atoms with Crippen molar-refractivity contribution in [3.05, 3.63) is 85.8 Å². The molecular weight excluding hydrogens is 623 g/mol. The van der Waals surface area contributed by atoms with Crippen molar-refractivity contribution in [3.8, 4) is 6.07 Å². The topological polar surface area (TPSA) is 125 Å². The van der Waals surface area contributed by atoms with E-state index in [9.17, 15) is 14.9 Å². The van der Waals surface area contributed by atoms with E-state index in [0.29, 0.717) is 59.9 Å². The first kappa shape index (κ1) is 29.4. The van der Waals surface area contributed by atoms with Crippen LogP contribution in [0.5, 0.6) is 0 Å². The van der Waals surface area contributed by atoms with Crippen LogP contribution in [0.1, 0.15) is 38.2 Å². The van der Waals surface area contributed by atoms with Gasteiger partial charge in [0.1, 0.15) is 5.82 Å². The Labute approximate surface area is 260 Å². The van der Waals surface area contributed by atoms with E-state index >= 15 is 0 Å². The number of rotatable bonds is 6. The van der Waals surface area contributed by atoms with Gasteiger partial charge in [0.25, 0.3) is 0 Å². The number of benzene rings is 2. The first-order valence-corrected chi connectivity index (χ1v) is 15.3. The summed E-state index contributed by atoms with van der Waals surface area (Å²) < 4.78 is 0.535. The fourth-order valence-corrected chi connectivity index (χ4v) is 7.07. The Morgan fingerprint density at radius 1 is 1.17 bits per heavy atom. The molecule has 1 unspecified atom stereocenters. The van der Waals surface area contributed by atoms with Crippen molar-refractivity contribution >= 4 is 80.4 Å². The highest BCUT2D eigenvalue weighted by Crippen LogP contribution is 2.51. The highest BCUT2D eigenvalue weighted by atomic mass is 35.5. The van der Waals surface area contributed by atoms with Crippen LogP contribution < -0.4 is 16.0 Å². The van der Waals surface area contributed by atoms with Crippen molar-refractivity contribution in [2.75, 3.05) is 16.0 Å². The fraction of sp³-hybridized carbons (Fsp3) is 0.250. The molecule has 1 aliphatic carbocycles. The van der Waals surface area contributed by atoms with Gasteiger partial charge in [-0.05, 0) is 53.8 Å². The quantitative estimate of drug-likeness (QED) is 0.270. The van der Waals surface area contributed by atoms with Gasteiger partial charge >= 0.3 is 0 Å². The molecule has 2 aliphatic rings. The van der Waals surface area contributed by atoms with E-state index in [-0.39, 0.29) is 34.3 Å². The van der Waals surface area contributed by atoms with Crippen LogP contribution in [0.3, 0.4) is 0 Å². The Balaban J connectivity index is 1.47. The molecule has 0 radical (unpaired) electrons. The molecule has 0 bridgehead atoms. The number of nitriles is 1. The summed E-state index contributed by atoms with van der Waals surface area (Å²) in [5.41, 5.74) is 8.98. The number of ketones is 1. The molecule has 41 heavy (non-hydrogen) atoms. The van der Waals surface area contributed by atoms with Crippen LogP contribution in [0, 0.1) is 16.7 Å². The molecule has 1 aromatic heterocycles. The summed E-state index contributed by atoms with van der Waals surface area (Å²) in [4.78, 5) is 27.8. The van der Waals surface area contributed by atoms with Gasteiger partial charge in [-0.3, -0.25) is 14.5 Å². The summed E-state index contributed by atoms with van der Waals surface area (Å²) in [6.45, 7) is 4.03. The van der Waals surface area contributed by atoms with Gasteiger partial charge in [0.2, 0.25) is 11.0 Å². The molecule has 1 amide bonds. The Morgan fingerprint density at radius 3 is 2.59 bits per heavy atom. The van der Waals surface area contributed by atoms with Crippen LogP contribution in [-0.4, -0.2) is 27.6 Å². The molecule has 0 fully saturated rings. The van der Waals surface area contributed by atoms with Gasteiger partial charge in [0, 0.05) is 28.4 Å². The SMILES string of the molecule is CC1(C)CC(=O)C2=C(C1)N(c1nnc(SCC(=O)Nc3ccc(Cl)cc3)s1)C(N)=C(C#N)C2c1ccc(Cl)c(Cl)c1. The van der Waals surface area contributed by atoms with E-state index in [1.807, 2.05) is 13.8 Å². The second kappa shape index (κ2) is 11.7. The highest BCUT2D eigenvalue weighted by Gasteiger charge is 2.45. The lowest BCUT2D eigenvalue weighted by Crippen LogP contribution is -2.42. The minimum Gasteiger partial charge on any atom is -0.384 e. The second-order valence-electron chi connectivity index (χ2n) is 10.3. The Bertz CT molecular complexity index is 1660. The zero-order chi connectivity index (χ0) is 29.5. The van der Waals surface area contributed by atoms with Crippen molar-refractivity contribution < 1.29 is 9.59 Å². The minimum atomic E-state index is -0.692. The third-order valence-corrected chi connectivity index (χ3v) is 9.73. The third kappa shape index (κ3) is 6.10. The van der Waals surface area contributed by atoms with Crippen LogP contribution in [-0.2, 0) is 9.59 Å². The normalized spacial score (nSPS) is 18.3. The van der Waals surface area contributed by atoms with Gasteiger partial charge in [-0.2, -0.15) is 5.26 Å².